The highest BCUT2D eigenvalue weighted by Crippen LogP contribution is 2.15. The zero-order chi connectivity index (χ0) is 12.1. The van der Waals surface area contributed by atoms with Gasteiger partial charge < -0.3 is 10.2 Å². The minimum atomic E-state index is -1.54. The van der Waals surface area contributed by atoms with E-state index in [1.165, 1.54) is 12.1 Å². The van der Waals surface area contributed by atoms with E-state index in [0.29, 0.717) is 5.56 Å². The Balaban J connectivity index is 2.86. The Hall–Kier alpha value is -1.20. The highest BCUT2D eigenvalue weighted by molar-refractivity contribution is 9.09. The largest absolute Gasteiger partial charge is 0.479 e. The Morgan fingerprint density at radius 2 is 2.06 bits per heavy atom. The summed E-state index contributed by atoms with van der Waals surface area (Å²) < 4.78 is 0. The number of hydrogen-bond acceptors (Lipinski definition) is 3. The van der Waals surface area contributed by atoms with E-state index in [1.54, 1.807) is 12.1 Å². The molecule has 1 unspecified atom stereocenters. The molecule has 0 aliphatic carbocycles. The summed E-state index contributed by atoms with van der Waals surface area (Å²) in [6.45, 7) is 0. The third-order valence-corrected chi connectivity index (χ3v) is 2.68. The molecule has 0 aromatic heterocycles. The molecule has 0 saturated heterocycles. The first-order valence-electron chi connectivity index (χ1n) is 4.62. The molecule has 5 heteroatoms. The molecule has 0 aliphatic heterocycles. The van der Waals surface area contributed by atoms with Gasteiger partial charge in [0, 0.05) is 6.42 Å². The van der Waals surface area contributed by atoms with Gasteiger partial charge in [-0.05, 0) is 11.1 Å². The Kier molecular flexibility index (Phi) is 4.64. The van der Waals surface area contributed by atoms with Gasteiger partial charge in [-0.2, -0.15) is 0 Å². The van der Waals surface area contributed by atoms with Gasteiger partial charge in [-0.25, -0.2) is 4.79 Å². The van der Waals surface area contributed by atoms with Gasteiger partial charge in [-0.15, -0.1) is 0 Å². The standard InChI is InChI=1S/C11H11BrO4/c12-6-9(13)5-7-2-1-3-8(4-7)10(14)11(15)16/h1-4,10,14H,5-6H2,(H,15,16). The fourth-order valence-corrected chi connectivity index (χ4v) is 1.49. The molecule has 0 amide bonds. The second-order valence-corrected chi connectivity index (χ2v) is 3.90. The summed E-state index contributed by atoms with van der Waals surface area (Å²) in [4.78, 5) is 21.7. The molecule has 4 nitrogen and oxygen atoms in total. The average Bonchev–Trinajstić information content (AvgIpc) is 2.28. The predicted octanol–water partition coefficient (Wildman–Crippen LogP) is 1.31. The number of benzene rings is 1. The van der Waals surface area contributed by atoms with Gasteiger partial charge in [-0.3, -0.25) is 4.79 Å². The minimum Gasteiger partial charge on any atom is -0.479 e. The number of halogens is 1. The van der Waals surface area contributed by atoms with Gasteiger partial charge in [0.2, 0.25) is 0 Å². The number of carbonyl (C=O) groups excluding carboxylic acids is 1. The molecule has 2 N–H and O–H groups in total. The van der Waals surface area contributed by atoms with Crippen molar-refractivity contribution in [3.63, 3.8) is 0 Å². The van der Waals surface area contributed by atoms with Crippen LogP contribution in [-0.2, 0) is 16.0 Å². The summed E-state index contributed by atoms with van der Waals surface area (Å²) in [5.41, 5.74) is 0.981. The molecule has 0 heterocycles. The lowest BCUT2D eigenvalue weighted by atomic mass is 10.0. The van der Waals surface area contributed by atoms with E-state index >= 15 is 0 Å². The van der Waals surface area contributed by atoms with Crippen molar-refractivity contribution in [3.05, 3.63) is 35.4 Å². The summed E-state index contributed by atoms with van der Waals surface area (Å²) in [5, 5.41) is 18.2. The van der Waals surface area contributed by atoms with Crippen LogP contribution in [0.25, 0.3) is 0 Å². The summed E-state index contributed by atoms with van der Waals surface area (Å²) in [5.74, 6) is -1.30. The van der Waals surface area contributed by atoms with Gasteiger partial charge in [0.25, 0.3) is 0 Å². The van der Waals surface area contributed by atoms with Crippen LogP contribution >= 0.6 is 15.9 Å². The highest BCUT2D eigenvalue weighted by Gasteiger charge is 2.16. The number of hydrogen-bond donors (Lipinski definition) is 2. The van der Waals surface area contributed by atoms with E-state index in [4.69, 9.17) is 5.11 Å². The van der Waals surface area contributed by atoms with Crippen molar-refractivity contribution < 1.29 is 19.8 Å². The van der Waals surface area contributed by atoms with Gasteiger partial charge in [0.1, 0.15) is 5.78 Å². The van der Waals surface area contributed by atoms with Crippen LogP contribution in [0.5, 0.6) is 0 Å². The Morgan fingerprint density at radius 3 is 2.62 bits per heavy atom. The fourth-order valence-electron chi connectivity index (χ4n) is 1.29. The third kappa shape index (κ3) is 3.43. The molecular weight excluding hydrogens is 276 g/mol. The molecule has 0 fully saturated rings. The van der Waals surface area contributed by atoms with Crippen molar-refractivity contribution in [1.82, 2.24) is 0 Å². The number of aliphatic hydroxyl groups excluding tert-OH is 1. The predicted molar refractivity (Wildman–Crippen MR) is 61.5 cm³/mol. The highest BCUT2D eigenvalue weighted by atomic mass is 79.9. The van der Waals surface area contributed by atoms with Gasteiger partial charge in [0.15, 0.2) is 6.10 Å². The molecule has 0 bridgehead atoms. The number of alkyl halides is 1. The number of aliphatic carboxylic acids is 1. The minimum absolute atomic E-state index is 0.00182. The van der Waals surface area contributed by atoms with E-state index < -0.39 is 12.1 Å². The number of carbonyl (C=O) groups is 2. The Morgan fingerprint density at radius 1 is 1.38 bits per heavy atom. The molecule has 0 aliphatic rings. The molecule has 0 radical (unpaired) electrons. The van der Waals surface area contributed by atoms with Crippen LogP contribution in [0, 0.1) is 0 Å². The maximum Gasteiger partial charge on any atom is 0.337 e. The first-order chi connectivity index (χ1) is 7.54. The second-order valence-electron chi connectivity index (χ2n) is 3.33. The summed E-state index contributed by atoms with van der Waals surface area (Å²) >= 11 is 3.05. The summed E-state index contributed by atoms with van der Waals surface area (Å²) in [6, 6.07) is 6.39. The van der Waals surface area contributed by atoms with Crippen LogP contribution in [0.15, 0.2) is 24.3 Å². The van der Waals surface area contributed by atoms with Crippen molar-refractivity contribution in [2.45, 2.75) is 12.5 Å². The molecule has 1 rings (SSSR count). The van der Waals surface area contributed by atoms with E-state index in [2.05, 4.69) is 15.9 Å². The van der Waals surface area contributed by atoms with Gasteiger partial charge in [-0.1, -0.05) is 40.2 Å². The smallest absolute Gasteiger partial charge is 0.337 e. The lowest BCUT2D eigenvalue weighted by Crippen LogP contribution is -2.11. The van der Waals surface area contributed by atoms with Crippen LogP contribution in [0.4, 0.5) is 0 Å². The quantitative estimate of drug-likeness (QED) is 0.801. The maximum absolute atomic E-state index is 11.2. The van der Waals surface area contributed by atoms with Crippen LogP contribution in [0.2, 0.25) is 0 Å². The SMILES string of the molecule is O=C(CBr)Cc1cccc(C(O)C(=O)O)c1. The van der Waals surface area contributed by atoms with E-state index in [-0.39, 0.29) is 23.1 Å². The van der Waals surface area contributed by atoms with Crippen molar-refractivity contribution in [2.24, 2.45) is 0 Å². The summed E-state index contributed by atoms with van der Waals surface area (Å²) in [6.07, 6.45) is -1.31. The monoisotopic (exact) mass is 286 g/mol. The summed E-state index contributed by atoms with van der Waals surface area (Å²) in [7, 11) is 0. The average molecular weight is 287 g/mol. The second kappa shape index (κ2) is 5.77. The number of aliphatic hydroxyl groups is 1. The first-order valence-corrected chi connectivity index (χ1v) is 5.74. The maximum atomic E-state index is 11.2. The van der Waals surface area contributed by atoms with Crippen molar-refractivity contribution in [2.75, 3.05) is 5.33 Å². The van der Waals surface area contributed by atoms with Crippen molar-refractivity contribution in [3.8, 4) is 0 Å². The zero-order valence-electron chi connectivity index (χ0n) is 8.39. The van der Waals surface area contributed by atoms with E-state index in [0.717, 1.165) is 0 Å². The normalized spacial score (nSPS) is 12.1. The number of rotatable bonds is 5. The molecule has 1 aromatic carbocycles. The lowest BCUT2D eigenvalue weighted by molar-refractivity contribution is -0.146. The third-order valence-electron chi connectivity index (χ3n) is 2.05. The van der Waals surface area contributed by atoms with Crippen LogP contribution in [-0.4, -0.2) is 27.3 Å². The number of carboxylic acid groups (broad SMARTS) is 1. The Labute approximate surface area is 101 Å². The number of ketones is 1. The Bertz CT molecular complexity index is 403. The van der Waals surface area contributed by atoms with Crippen LogP contribution in [0.1, 0.15) is 17.2 Å². The molecule has 16 heavy (non-hydrogen) atoms. The molecule has 0 spiro atoms. The number of Topliss-reactive ketones (excluding diaryl/α,β-unsaturated/α-hetero) is 1. The first kappa shape index (κ1) is 12.9. The van der Waals surface area contributed by atoms with Crippen molar-refractivity contribution >= 4 is 27.7 Å². The molecule has 0 saturated carbocycles. The fraction of sp³-hybridized carbons (Fsp3) is 0.273. The van der Waals surface area contributed by atoms with Crippen molar-refractivity contribution in [1.29, 1.82) is 0 Å². The number of carboxylic acids is 1. The van der Waals surface area contributed by atoms with Crippen LogP contribution < -0.4 is 0 Å². The topological polar surface area (TPSA) is 74.6 Å². The van der Waals surface area contributed by atoms with Crippen LogP contribution in [0.3, 0.4) is 0 Å². The molecule has 86 valence electrons. The molecular formula is C11H11BrO4. The van der Waals surface area contributed by atoms with E-state index in [9.17, 15) is 14.7 Å². The molecule has 1 atom stereocenters. The lowest BCUT2D eigenvalue weighted by Gasteiger charge is -2.07. The molecule has 1 aromatic rings. The van der Waals surface area contributed by atoms with Gasteiger partial charge in [0.05, 0.1) is 5.33 Å². The van der Waals surface area contributed by atoms with E-state index in [1.807, 2.05) is 0 Å². The zero-order valence-corrected chi connectivity index (χ0v) is 9.98. The van der Waals surface area contributed by atoms with Gasteiger partial charge >= 0.3 is 5.97 Å².